The lowest BCUT2D eigenvalue weighted by Crippen LogP contribution is -2.06. The molecule has 0 fully saturated rings. The summed E-state index contributed by atoms with van der Waals surface area (Å²) < 4.78 is 4.77. The molecule has 5 nitrogen and oxygen atoms in total. The summed E-state index contributed by atoms with van der Waals surface area (Å²) >= 11 is 5.11. The fraction of sp³-hybridized carbons (Fsp3) is 0.333. The zero-order valence-corrected chi connectivity index (χ0v) is 11.6. The number of hydrogen-bond acceptors (Lipinski definition) is 5. The number of ether oxygens (including phenoxy) is 1. The lowest BCUT2D eigenvalue weighted by atomic mass is 10.1. The average Bonchev–Trinajstić information content (AvgIpc) is 2.30. The number of nitrogens with one attached hydrogen (secondary N) is 2. The highest BCUT2D eigenvalue weighted by Gasteiger charge is 2.05. The number of allylic oxidation sites excluding steroid dienone is 1. The number of aromatic nitrogens is 1. The molecule has 1 aromatic heterocycles. The Bertz CT molecular complexity index is 455. The maximum Gasteiger partial charge on any atom is 0.144 e. The van der Waals surface area contributed by atoms with Crippen molar-refractivity contribution in [1.82, 2.24) is 4.98 Å². The van der Waals surface area contributed by atoms with Gasteiger partial charge in [0.2, 0.25) is 0 Å². The Morgan fingerprint density at radius 2 is 2.22 bits per heavy atom. The van der Waals surface area contributed by atoms with Crippen LogP contribution in [0.1, 0.15) is 12.5 Å². The maximum atomic E-state index is 10.3. The zero-order chi connectivity index (χ0) is 14.0. The second-order valence-corrected chi connectivity index (χ2v) is 3.70. The number of methoxy groups -OCH3 is 1. The molecule has 0 aliphatic rings. The van der Waals surface area contributed by atoms with Crippen LogP contribution in [0.25, 0.3) is 5.70 Å². The van der Waals surface area contributed by atoms with Gasteiger partial charge in [0, 0.05) is 44.4 Å². The summed E-state index contributed by atoms with van der Waals surface area (Å²) in [5.74, 6) is 0. The van der Waals surface area contributed by atoms with Gasteiger partial charge >= 0.3 is 0 Å². The third kappa shape index (κ3) is 5.11. The van der Waals surface area contributed by atoms with Crippen LogP contribution in [-0.2, 0) is 9.53 Å². The van der Waals surface area contributed by atoms with E-state index in [-0.39, 0.29) is 0 Å². The normalized spacial score (nSPS) is 10.3. The summed E-state index contributed by atoms with van der Waals surface area (Å²) in [4.78, 5) is 13.2. The molecule has 0 aromatic carbocycles. The van der Waals surface area contributed by atoms with Crippen molar-refractivity contribution >= 4 is 29.9 Å². The number of carbonyl (C=O) groups is 1. The lowest BCUT2D eigenvalue weighted by molar-refractivity contribution is -0.104. The Hall–Kier alpha value is -1.66. The number of carbonyl (C=O) groups excluding carboxylic acids is 1. The highest BCUT2D eigenvalue weighted by atomic mass is 32.1. The number of aldehydes is 1. The highest BCUT2D eigenvalue weighted by Crippen LogP contribution is 2.20. The van der Waals surface area contributed by atoms with Crippen LogP contribution in [0.5, 0.6) is 0 Å². The van der Waals surface area contributed by atoms with Crippen molar-refractivity contribution in [1.29, 1.82) is 0 Å². The van der Waals surface area contributed by atoms with Crippen molar-refractivity contribution in [3.05, 3.63) is 28.5 Å². The number of anilines is 1. The fourth-order valence-electron chi connectivity index (χ4n) is 1.26. The highest BCUT2D eigenvalue weighted by molar-refractivity contribution is 7.71. The van der Waals surface area contributed by atoms with Crippen LogP contribution in [0.4, 0.5) is 5.69 Å². The van der Waals surface area contributed by atoms with E-state index in [9.17, 15) is 4.79 Å². The monoisotopic (exact) mass is 269 g/mol. The minimum Gasteiger partial charge on any atom is -0.398 e. The predicted molar refractivity (Wildman–Crippen MR) is 77.0 cm³/mol. The van der Waals surface area contributed by atoms with Crippen LogP contribution in [0.2, 0.25) is 0 Å². The molecule has 0 radical (unpaired) electrons. The van der Waals surface area contributed by atoms with Gasteiger partial charge in [0.15, 0.2) is 0 Å². The molecule has 100 valence electrons. The molecule has 1 aromatic rings. The fourth-order valence-corrected chi connectivity index (χ4v) is 1.56. The number of aromatic amines is 1. The second-order valence-electron chi connectivity index (χ2n) is 3.29. The standard InChI is InChI=1S/C10H13N3OS.C2H6O/c1-2-12-8-3-5-13-10(15)9(8)7(11)4-6-14;1-3-2/h3-6H,2,11H2,1H3,(H2,12,13,15);1-2H3/b7-4-;. The van der Waals surface area contributed by atoms with E-state index in [1.165, 1.54) is 6.08 Å². The average molecular weight is 269 g/mol. The van der Waals surface area contributed by atoms with Crippen molar-refractivity contribution in [3.63, 3.8) is 0 Å². The van der Waals surface area contributed by atoms with Gasteiger partial charge in [-0.1, -0.05) is 12.2 Å². The van der Waals surface area contributed by atoms with Gasteiger partial charge in [-0.3, -0.25) is 4.79 Å². The molecule has 0 spiro atoms. The van der Waals surface area contributed by atoms with Gasteiger partial charge < -0.3 is 20.8 Å². The molecule has 1 rings (SSSR count). The van der Waals surface area contributed by atoms with E-state index in [0.717, 1.165) is 12.2 Å². The first-order valence-electron chi connectivity index (χ1n) is 5.39. The Morgan fingerprint density at radius 3 is 2.72 bits per heavy atom. The molecule has 0 atom stereocenters. The lowest BCUT2D eigenvalue weighted by Gasteiger charge is -2.10. The van der Waals surface area contributed by atoms with Crippen LogP contribution < -0.4 is 11.1 Å². The Kier molecular flexibility index (Phi) is 8.51. The molecular weight excluding hydrogens is 250 g/mol. The van der Waals surface area contributed by atoms with Crippen LogP contribution >= 0.6 is 12.2 Å². The summed E-state index contributed by atoms with van der Waals surface area (Å²) in [7, 11) is 3.25. The molecule has 1 heterocycles. The minimum absolute atomic E-state index is 0.364. The Morgan fingerprint density at radius 1 is 1.61 bits per heavy atom. The van der Waals surface area contributed by atoms with Crippen LogP contribution in [-0.4, -0.2) is 32.0 Å². The molecule has 6 heteroatoms. The summed E-state index contributed by atoms with van der Waals surface area (Å²) in [5, 5.41) is 3.13. The number of H-pyrrole nitrogens is 1. The van der Waals surface area contributed by atoms with Crippen LogP contribution in [0, 0.1) is 4.64 Å². The van der Waals surface area contributed by atoms with Gasteiger partial charge in [0.1, 0.15) is 10.9 Å². The van der Waals surface area contributed by atoms with Gasteiger partial charge in [0.25, 0.3) is 0 Å². The van der Waals surface area contributed by atoms with Gasteiger partial charge in [-0.05, 0) is 13.0 Å². The third-order valence-electron chi connectivity index (χ3n) is 1.86. The predicted octanol–water partition coefficient (Wildman–Crippen LogP) is 1.94. The maximum absolute atomic E-state index is 10.3. The third-order valence-corrected chi connectivity index (χ3v) is 2.19. The molecular formula is C12H19N3O2S. The number of hydrogen-bond donors (Lipinski definition) is 3. The molecule has 0 aliphatic carbocycles. The molecule has 0 amide bonds. The van der Waals surface area contributed by atoms with Crippen molar-refractivity contribution in [2.45, 2.75) is 6.92 Å². The number of rotatable bonds is 4. The number of pyridine rings is 1. The molecule has 4 N–H and O–H groups in total. The quantitative estimate of drug-likeness (QED) is 0.442. The Balaban J connectivity index is 0.000000873. The zero-order valence-electron chi connectivity index (χ0n) is 10.8. The van der Waals surface area contributed by atoms with Gasteiger partial charge in [-0.2, -0.15) is 0 Å². The first-order chi connectivity index (χ1) is 8.62. The topological polar surface area (TPSA) is 80.1 Å². The first kappa shape index (κ1) is 16.3. The molecule has 0 aliphatic heterocycles. The molecule has 18 heavy (non-hydrogen) atoms. The van der Waals surface area contributed by atoms with Crippen molar-refractivity contribution in [2.75, 3.05) is 26.1 Å². The summed E-state index contributed by atoms with van der Waals surface area (Å²) in [6.07, 6.45) is 3.67. The smallest absolute Gasteiger partial charge is 0.144 e. The Labute approximate surface area is 112 Å². The summed E-state index contributed by atoms with van der Waals surface area (Å²) in [6, 6.07) is 1.83. The van der Waals surface area contributed by atoms with E-state index in [1.807, 2.05) is 13.0 Å². The van der Waals surface area contributed by atoms with E-state index >= 15 is 0 Å². The van der Waals surface area contributed by atoms with Crippen molar-refractivity contribution in [2.24, 2.45) is 5.73 Å². The van der Waals surface area contributed by atoms with Gasteiger partial charge in [-0.25, -0.2) is 0 Å². The molecule has 0 saturated heterocycles. The van der Waals surface area contributed by atoms with Crippen LogP contribution in [0.3, 0.4) is 0 Å². The van der Waals surface area contributed by atoms with Crippen LogP contribution in [0.15, 0.2) is 18.3 Å². The second kappa shape index (κ2) is 9.38. The summed E-state index contributed by atoms with van der Waals surface area (Å²) in [5.41, 5.74) is 7.60. The first-order valence-corrected chi connectivity index (χ1v) is 5.80. The van der Waals surface area contributed by atoms with Crippen molar-refractivity contribution < 1.29 is 9.53 Å². The van der Waals surface area contributed by atoms with E-state index in [2.05, 4.69) is 15.0 Å². The molecule has 0 bridgehead atoms. The van der Waals surface area contributed by atoms with E-state index in [4.69, 9.17) is 18.0 Å². The largest absolute Gasteiger partial charge is 0.398 e. The minimum atomic E-state index is 0.364. The van der Waals surface area contributed by atoms with E-state index in [0.29, 0.717) is 22.2 Å². The SMILES string of the molecule is CCNc1cc[nH]c(=S)c1/C(N)=C/C=O.COC. The van der Waals surface area contributed by atoms with Gasteiger partial charge in [0.05, 0.1) is 5.56 Å². The van der Waals surface area contributed by atoms with Crippen molar-refractivity contribution in [3.8, 4) is 0 Å². The number of nitrogens with two attached hydrogens (primary N) is 1. The molecule has 0 unspecified atom stereocenters. The molecule has 0 saturated carbocycles. The van der Waals surface area contributed by atoms with Gasteiger partial charge in [-0.15, -0.1) is 0 Å². The van der Waals surface area contributed by atoms with E-state index in [1.54, 1.807) is 20.4 Å². The summed E-state index contributed by atoms with van der Waals surface area (Å²) in [6.45, 7) is 2.74. The van der Waals surface area contributed by atoms with E-state index < -0.39 is 0 Å².